The lowest BCUT2D eigenvalue weighted by molar-refractivity contribution is 0.281. The van der Waals surface area contributed by atoms with Crippen LogP contribution in [0.25, 0.3) is 10.9 Å². The van der Waals surface area contributed by atoms with Crippen LogP contribution in [0.15, 0.2) is 18.2 Å². The molecule has 3 N–H and O–H groups in total. The van der Waals surface area contributed by atoms with Crippen molar-refractivity contribution in [1.29, 1.82) is 0 Å². The number of aromatic nitrogens is 1. The third kappa shape index (κ3) is 2.40. The number of aromatic amines is 1. The average molecular weight is 258 g/mol. The van der Waals surface area contributed by atoms with Crippen molar-refractivity contribution in [1.82, 2.24) is 10.3 Å². The average Bonchev–Trinajstić information content (AvgIpc) is 2.78. The lowest BCUT2D eigenvalue weighted by Gasteiger charge is -2.23. The van der Waals surface area contributed by atoms with Crippen LogP contribution in [0.2, 0.25) is 0 Å². The third-order valence-corrected chi connectivity index (χ3v) is 4.09. The number of hydrogen-bond acceptors (Lipinski definition) is 2. The van der Waals surface area contributed by atoms with E-state index in [0.29, 0.717) is 6.04 Å². The zero-order chi connectivity index (χ0) is 13.2. The Morgan fingerprint density at radius 3 is 3.16 bits per heavy atom. The molecule has 1 unspecified atom stereocenters. The van der Waals surface area contributed by atoms with Gasteiger partial charge in [0.15, 0.2) is 0 Å². The summed E-state index contributed by atoms with van der Waals surface area (Å²) in [4.78, 5) is 3.60. The van der Waals surface area contributed by atoms with Crippen molar-refractivity contribution in [2.45, 2.75) is 38.6 Å². The van der Waals surface area contributed by atoms with E-state index in [1.54, 1.807) is 0 Å². The Labute approximate surface area is 114 Å². The van der Waals surface area contributed by atoms with Crippen LogP contribution in [-0.4, -0.2) is 23.2 Å². The summed E-state index contributed by atoms with van der Waals surface area (Å²) >= 11 is 0. The van der Waals surface area contributed by atoms with E-state index in [0.717, 1.165) is 13.0 Å². The second-order valence-electron chi connectivity index (χ2n) is 5.54. The first-order chi connectivity index (χ1) is 9.29. The van der Waals surface area contributed by atoms with Crippen molar-refractivity contribution in [2.75, 3.05) is 13.2 Å². The van der Waals surface area contributed by atoms with Gasteiger partial charge in [0.05, 0.1) is 0 Å². The highest BCUT2D eigenvalue weighted by Crippen LogP contribution is 2.34. The molecule has 3 rings (SSSR count). The van der Waals surface area contributed by atoms with Crippen LogP contribution in [0.1, 0.15) is 42.1 Å². The van der Waals surface area contributed by atoms with Gasteiger partial charge >= 0.3 is 0 Å². The predicted molar refractivity (Wildman–Crippen MR) is 78.4 cm³/mol. The zero-order valence-corrected chi connectivity index (χ0v) is 11.5. The molecule has 19 heavy (non-hydrogen) atoms. The molecule has 1 atom stereocenters. The first-order valence-corrected chi connectivity index (χ1v) is 7.25. The second kappa shape index (κ2) is 5.35. The molecule has 0 spiro atoms. The van der Waals surface area contributed by atoms with Gasteiger partial charge in [0, 0.05) is 29.2 Å². The van der Waals surface area contributed by atoms with Gasteiger partial charge in [-0.2, -0.15) is 0 Å². The number of hydrogen-bond donors (Lipinski definition) is 3. The molecule has 0 bridgehead atoms. The molecular weight excluding hydrogens is 236 g/mol. The lowest BCUT2D eigenvalue weighted by atomic mass is 9.91. The van der Waals surface area contributed by atoms with Gasteiger partial charge in [0.1, 0.15) is 0 Å². The Kier molecular flexibility index (Phi) is 3.58. The van der Waals surface area contributed by atoms with E-state index in [2.05, 4.69) is 35.4 Å². The number of aliphatic hydroxyl groups is 1. The fourth-order valence-electron chi connectivity index (χ4n) is 3.14. The van der Waals surface area contributed by atoms with E-state index in [1.165, 1.54) is 47.0 Å². The number of fused-ring (bicyclic) bond motifs is 3. The van der Waals surface area contributed by atoms with E-state index >= 15 is 0 Å². The number of H-pyrrole nitrogens is 1. The van der Waals surface area contributed by atoms with Crippen LogP contribution in [0.5, 0.6) is 0 Å². The molecule has 1 aliphatic carbocycles. The summed E-state index contributed by atoms with van der Waals surface area (Å²) in [5, 5.41) is 13.8. The largest absolute Gasteiger partial charge is 0.396 e. The first-order valence-electron chi connectivity index (χ1n) is 7.25. The Hall–Kier alpha value is -1.32. The van der Waals surface area contributed by atoms with Gasteiger partial charge in [-0.3, -0.25) is 0 Å². The Morgan fingerprint density at radius 2 is 2.32 bits per heavy atom. The van der Waals surface area contributed by atoms with Gasteiger partial charge in [0.25, 0.3) is 0 Å². The number of rotatable bonds is 4. The minimum atomic E-state index is 0.262. The highest BCUT2D eigenvalue weighted by Gasteiger charge is 2.23. The normalized spacial score (nSPS) is 18.7. The number of aliphatic hydroxyl groups excluding tert-OH is 1. The Bertz CT molecular complexity index is 573. The summed E-state index contributed by atoms with van der Waals surface area (Å²) < 4.78 is 0. The minimum absolute atomic E-state index is 0.262. The summed E-state index contributed by atoms with van der Waals surface area (Å²) in [6.45, 7) is 3.30. The number of aryl methyl sites for hydroxylation is 2. The first kappa shape index (κ1) is 12.7. The SMILES string of the molecule is Cc1ccc2[nH]c3c(c2c1)CCCC3NCCCO. The van der Waals surface area contributed by atoms with Crippen molar-refractivity contribution < 1.29 is 5.11 Å². The van der Waals surface area contributed by atoms with Crippen molar-refractivity contribution in [2.24, 2.45) is 0 Å². The number of benzene rings is 1. The van der Waals surface area contributed by atoms with Crippen LogP contribution < -0.4 is 5.32 Å². The van der Waals surface area contributed by atoms with Crippen molar-refractivity contribution in [3.05, 3.63) is 35.0 Å². The Balaban J connectivity index is 1.93. The molecule has 102 valence electrons. The summed E-state index contributed by atoms with van der Waals surface area (Å²) in [6, 6.07) is 7.07. The summed E-state index contributed by atoms with van der Waals surface area (Å²) in [6.07, 6.45) is 4.43. The van der Waals surface area contributed by atoms with Crippen LogP contribution in [0.4, 0.5) is 0 Å². The van der Waals surface area contributed by atoms with Crippen molar-refractivity contribution >= 4 is 10.9 Å². The third-order valence-electron chi connectivity index (χ3n) is 4.09. The molecule has 0 fully saturated rings. The van der Waals surface area contributed by atoms with Crippen LogP contribution in [0.3, 0.4) is 0 Å². The van der Waals surface area contributed by atoms with Gasteiger partial charge in [0.2, 0.25) is 0 Å². The highest BCUT2D eigenvalue weighted by molar-refractivity contribution is 5.85. The zero-order valence-electron chi connectivity index (χ0n) is 11.5. The molecule has 3 nitrogen and oxygen atoms in total. The maximum Gasteiger partial charge on any atom is 0.0476 e. The quantitative estimate of drug-likeness (QED) is 0.739. The molecule has 0 saturated carbocycles. The molecule has 1 heterocycles. The fraction of sp³-hybridized carbons (Fsp3) is 0.500. The summed E-state index contributed by atoms with van der Waals surface area (Å²) in [5.41, 5.74) is 5.44. The van der Waals surface area contributed by atoms with Gasteiger partial charge in [-0.1, -0.05) is 11.6 Å². The lowest BCUT2D eigenvalue weighted by Crippen LogP contribution is -2.26. The molecular formula is C16H22N2O. The molecule has 0 radical (unpaired) electrons. The highest BCUT2D eigenvalue weighted by atomic mass is 16.3. The molecule has 0 saturated heterocycles. The molecule has 0 aliphatic heterocycles. The van der Waals surface area contributed by atoms with E-state index in [4.69, 9.17) is 5.11 Å². The topological polar surface area (TPSA) is 48.0 Å². The van der Waals surface area contributed by atoms with E-state index in [1.807, 2.05) is 0 Å². The smallest absolute Gasteiger partial charge is 0.0476 e. The standard InChI is InChI=1S/C16H22N2O/c1-11-6-7-14-13(10-11)12-4-2-5-15(16(12)18-14)17-8-3-9-19/h6-7,10,15,17-19H,2-5,8-9H2,1H3. The minimum Gasteiger partial charge on any atom is -0.396 e. The van der Waals surface area contributed by atoms with Crippen LogP contribution >= 0.6 is 0 Å². The Morgan fingerprint density at radius 1 is 1.42 bits per heavy atom. The van der Waals surface area contributed by atoms with Gasteiger partial charge in [-0.25, -0.2) is 0 Å². The molecule has 1 aromatic carbocycles. The maximum atomic E-state index is 8.89. The van der Waals surface area contributed by atoms with E-state index in [9.17, 15) is 0 Å². The van der Waals surface area contributed by atoms with Crippen molar-refractivity contribution in [3.8, 4) is 0 Å². The fourth-order valence-corrected chi connectivity index (χ4v) is 3.14. The summed E-state index contributed by atoms with van der Waals surface area (Å²) in [7, 11) is 0. The van der Waals surface area contributed by atoms with Gasteiger partial charge in [-0.15, -0.1) is 0 Å². The molecule has 1 aromatic heterocycles. The maximum absolute atomic E-state index is 8.89. The van der Waals surface area contributed by atoms with E-state index < -0.39 is 0 Å². The number of nitrogens with one attached hydrogen (secondary N) is 2. The molecule has 1 aliphatic rings. The molecule has 2 aromatic rings. The second-order valence-corrected chi connectivity index (χ2v) is 5.54. The van der Waals surface area contributed by atoms with Crippen molar-refractivity contribution in [3.63, 3.8) is 0 Å². The summed E-state index contributed by atoms with van der Waals surface area (Å²) in [5.74, 6) is 0. The van der Waals surface area contributed by atoms with E-state index in [-0.39, 0.29) is 6.61 Å². The predicted octanol–water partition coefficient (Wildman–Crippen LogP) is 2.83. The molecule has 0 amide bonds. The van der Waals surface area contributed by atoms with Gasteiger partial charge in [-0.05, 0) is 56.8 Å². The van der Waals surface area contributed by atoms with Crippen LogP contribution in [-0.2, 0) is 6.42 Å². The van der Waals surface area contributed by atoms with Gasteiger partial charge < -0.3 is 15.4 Å². The van der Waals surface area contributed by atoms with Crippen LogP contribution in [0, 0.1) is 6.92 Å². The monoisotopic (exact) mass is 258 g/mol. The molecule has 3 heteroatoms.